The highest BCUT2D eigenvalue weighted by Gasteiger charge is 2.23. The highest BCUT2D eigenvalue weighted by Crippen LogP contribution is 2.05. The fraction of sp³-hybridized carbons (Fsp3) is 1.00. The highest BCUT2D eigenvalue weighted by atomic mass is 35.5. The van der Waals surface area contributed by atoms with Crippen LogP contribution in [0.5, 0.6) is 0 Å². The van der Waals surface area contributed by atoms with Crippen molar-refractivity contribution in [1.29, 1.82) is 0 Å². The van der Waals surface area contributed by atoms with Crippen LogP contribution in [0.25, 0.3) is 0 Å². The van der Waals surface area contributed by atoms with Crippen LogP contribution in [0.1, 0.15) is 0 Å². The fourth-order valence-electron chi connectivity index (χ4n) is 0.545. The van der Waals surface area contributed by atoms with Gasteiger partial charge < -0.3 is 10.5 Å². The third kappa shape index (κ3) is 1.58. The Morgan fingerprint density at radius 3 is 2.25 bits per heavy atom. The van der Waals surface area contributed by atoms with E-state index in [4.69, 9.17) is 5.73 Å². The third-order valence-corrected chi connectivity index (χ3v) is 1.05. The molecule has 0 aromatic heterocycles. The Balaban J connectivity index is 0.000000490. The van der Waals surface area contributed by atoms with Crippen LogP contribution < -0.4 is 5.73 Å². The molecule has 50 valence electrons. The normalized spacial score (nSPS) is 36.8. The van der Waals surface area contributed by atoms with Crippen molar-refractivity contribution in [2.24, 2.45) is 5.73 Å². The Kier molecular flexibility index (Phi) is 3.28. The average Bonchev–Trinajstić information content (AvgIpc) is 1.91. The van der Waals surface area contributed by atoms with Crippen LogP contribution in [-0.2, 0) is 4.74 Å². The lowest BCUT2D eigenvalue weighted by atomic mass is 10.3. The molecule has 0 saturated carbocycles. The van der Waals surface area contributed by atoms with Gasteiger partial charge in [-0.25, -0.2) is 4.39 Å². The molecule has 0 aromatic rings. The largest absolute Gasteiger partial charge is 0.377 e. The first-order valence-electron chi connectivity index (χ1n) is 2.28. The summed E-state index contributed by atoms with van der Waals surface area (Å²) in [6.07, 6.45) is -0.931. The van der Waals surface area contributed by atoms with Crippen LogP contribution in [0.4, 0.5) is 4.39 Å². The highest BCUT2D eigenvalue weighted by molar-refractivity contribution is 5.85. The first kappa shape index (κ1) is 8.14. The van der Waals surface area contributed by atoms with Gasteiger partial charge in [-0.3, -0.25) is 0 Å². The zero-order valence-corrected chi connectivity index (χ0v) is 5.16. The third-order valence-electron chi connectivity index (χ3n) is 1.05. The van der Waals surface area contributed by atoms with Crippen molar-refractivity contribution in [3.05, 3.63) is 0 Å². The van der Waals surface area contributed by atoms with E-state index in [0.717, 1.165) is 0 Å². The van der Waals surface area contributed by atoms with Crippen molar-refractivity contribution in [3.63, 3.8) is 0 Å². The van der Waals surface area contributed by atoms with Crippen LogP contribution in [0.3, 0.4) is 0 Å². The van der Waals surface area contributed by atoms with Crippen LogP contribution in [-0.4, -0.2) is 25.4 Å². The molecule has 2 nitrogen and oxygen atoms in total. The molecule has 0 aliphatic carbocycles. The lowest BCUT2D eigenvalue weighted by Crippen LogP contribution is -2.29. The summed E-state index contributed by atoms with van der Waals surface area (Å²) >= 11 is 0. The summed E-state index contributed by atoms with van der Waals surface area (Å²) in [5.41, 5.74) is 5.18. The second-order valence-corrected chi connectivity index (χ2v) is 1.72. The topological polar surface area (TPSA) is 35.2 Å². The van der Waals surface area contributed by atoms with Crippen LogP contribution in [0, 0.1) is 0 Å². The van der Waals surface area contributed by atoms with Gasteiger partial charge in [-0.2, -0.15) is 0 Å². The number of alkyl halides is 1. The smallest absolute Gasteiger partial charge is 0.141 e. The molecule has 1 rings (SSSR count). The molecular weight excluding hydrogens is 133 g/mol. The predicted molar refractivity (Wildman–Crippen MR) is 30.9 cm³/mol. The molecule has 2 N–H and O–H groups in total. The number of ether oxygens (including phenoxy) is 1. The molecule has 0 unspecified atom stereocenters. The number of halogens is 2. The lowest BCUT2D eigenvalue weighted by Gasteiger charge is -1.98. The summed E-state index contributed by atoms with van der Waals surface area (Å²) in [7, 11) is 0. The van der Waals surface area contributed by atoms with E-state index in [1.54, 1.807) is 0 Å². The van der Waals surface area contributed by atoms with Gasteiger partial charge in [-0.1, -0.05) is 0 Å². The first-order chi connectivity index (χ1) is 3.30. The van der Waals surface area contributed by atoms with Gasteiger partial charge in [-0.15, -0.1) is 12.4 Å². The summed E-state index contributed by atoms with van der Waals surface area (Å²) in [6, 6.07) is -0.375. The van der Waals surface area contributed by atoms with Gasteiger partial charge in [0.2, 0.25) is 0 Å². The summed E-state index contributed by atoms with van der Waals surface area (Å²) in [4.78, 5) is 0. The second-order valence-electron chi connectivity index (χ2n) is 1.72. The maximum atomic E-state index is 12.1. The number of rotatable bonds is 0. The van der Waals surface area contributed by atoms with Crippen molar-refractivity contribution < 1.29 is 9.13 Å². The molecule has 2 atom stereocenters. The molecule has 8 heavy (non-hydrogen) atoms. The minimum absolute atomic E-state index is 0. The van der Waals surface area contributed by atoms with E-state index in [9.17, 15) is 4.39 Å². The van der Waals surface area contributed by atoms with E-state index < -0.39 is 6.17 Å². The zero-order chi connectivity index (χ0) is 5.28. The molecule has 1 heterocycles. The van der Waals surface area contributed by atoms with Gasteiger partial charge in [0.15, 0.2) is 0 Å². The average molecular weight is 142 g/mol. The number of nitrogens with two attached hydrogens (primary N) is 1. The van der Waals surface area contributed by atoms with E-state index >= 15 is 0 Å². The van der Waals surface area contributed by atoms with Crippen molar-refractivity contribution >= 4 is 12.4 Å². The standard InChI is InChI=1S/C4H8FNO.ClH/c5-3-1-7-2-4(3)6;/h3-4H,1-2,6H2;1H/t3-,4-;/m0./s1. The summed E-state index contributed by atoms with van der Waals surface area (Å²) < 4.78 is 16.7. The van der Waals surface area contributed by atoms with E-state index in [1.165, 1.54) is 0 Å². The van der Waals surface area contributed by atoms with Crippen molar-refractivity contribution in [1.82, 2.24) is 0 Å². The Hall–Kier alpha value is 0.140. The Morgan fingerprint density at radius 2 is 2.12 bits per heavy atom. The molecule has 1 aliphatic rings. The van der Waals surface area contributed by atoms with Crippen molar-refractivity contribution in [3.8, 4) is 0 Å². The summed E-state index contributed by atoms with van der Waals surface area (Å²) in [5.74, 6) is 0. The Morgan fingerprint density at radius 1 is 1.50 bits per heavy atom. The molecule has 0 bridgehead atoms. The zero-order valence-electron chi connectivity index (χ0n) is 4.34. The van der Waals surface area contributed by atoms with E-state index in [0.29, 0.717) is 6.61 Å². The van der Waals surface area contributed by atoms with Gasteiger partial charge in [-0.05, 0) is 0 Å². The van der Waals surface area contributed by atoms with E-state index in [1.807, 2.05) is 0 Å². The van der Waals surface area contributed by atoms with Crippen molar-refractivity contribution in [2.45, 2.75) is 12.2 Å². The van der Waals surface area contributed by atoms with Crippen LogP contribution in [0.15, 0.2) is 0 Å². The number of hydrogen-bond donors (Lipinski definition) is 1. The lowest BCUT2D eigenvalue weighted by molar-refractivity contribution is 0.173. The minimum atomic E-state index is -0.931. The molecular formula is C4H9ClFNO. The first-order valence-corrected chi connectivity index (χ1v) is 2.28. The molecule has 1 aliphatic heterocycles. The predicted octanol–water partition coefficient (Wildman–Crippen LogP) is 0.104. The minimum Gasteiger partial charge on any atom is -0.377 e. The maximum Gasteiger partial charge on any atom is 0.141 e. The van der Waals surface area contributed by atoms with Gasteiger partial charge in [0, 0.05) is 0 Å². The molecule has 0 aromatic carbocycles. The second kappa shape index (κ2) is 3.22. The van der Waals surface area contributed by atoms with Crippen molar-refractivity contribution in [2.75, 3.05) is 13.2 Å². The number of hydrogen-bond acceptors (Lipinski definition) is 2. The van der Waals surface area contributed by atoms with E-state index in [-0.39, 0.29) is 25.1 Å². The molecule has 1 saturated heterocycles. The maximum absolute atomic E-state index is 12.1. The van der Waals surface area contributed by atoms with Gasteiger partial charge >= 0.3 is 0 Å². The van der Waals surface area contributed by atoms with Crippen LogP contribution in [0.2, 0.25) is 0 Å². The Labute approximate surface area is 53.6 Å². The Bertz CT molecular complexity index is 65.1. The van der Waals surface area contributed by atoms with Crippen LogP contribution >= 0.6 is 12.4 Å². The monoisotopic (exact) mass is 141 g/mol. The molecule has 4 heteroatoms. The van der Waals surface area contributed by atoms with Gasteiger partial charge in [0.25, 0.3) is 0 Å². The molecule has 0 spiro atoms. The molecule has 1 fully saturated rings. The fourth-order valence-corrected chi connectivity index (χ4v) is 0.545. The van der Waals surface area contributed by atoms with Gasteiger partial charge in [0.1, 0.15) is 6.17 Å². The molecule has 0 amide bonds. The molecule has 0 radical (unpaired) electrons. The quantitative estimate of drug-likeness (QED) is 0.520. The van der Waals surface area contributed by atoms with E-state index in [2.05, 4.69) is 4.74 Å². The van der Waals surface area contributed by atoms with Gasteiger partial charge in [0.05, 0.1) is 19.3 Å². The summed E-state index contributed by atoms with van der Waals surface area (Å²) in [5, 5.41) is 0. The summed E-state index contributed by atoms with van der Waals surface area (Å²) in [6.45, 7) is 0.558. The SMILES string of the molecule is Cl.N[C@H]1COC[C@@H]1F.